The van der Waals surface area contributed by atoms with Crippen molar-refractivity contribution in [3.8, 4) is 6.07 Å². The summed E-state index contributed by atoms with van der Waals surface area (Å²) < 4.78 is 14.0. The van der Waals surface area contributed by atoms with E-state index in [0.717, 1.165) is 51.9 Å². The van der Waals surface area contributed by atoms with Crippen molar-refractivity contribution < 1.29 is 9.18 Å². The monoisotopic (exact) mass is 343 g/mol. The Bertz CT molecular complexity index is 639. The minimum atomic E-state index is -0.262. The molecule has 5 heteroatoms. The lowest BCUT2D eigenvalue weighted by atomic mass is 9.94. The van der Waals surface area contributed by atoms with Crippen LogP contribution in [0, 0.1) is 23.1 Å². The summed E-state index contributed by atoms with van der Waals surface area (Å²) in [4.78, 5) is 17.0. The summed E-state index contributed by atoms with van der Waals surface area (Å²) in [7, 11) is 0. The van der Waals surface area contributed by atoms with Gasteiger partial charge in [-0.1, -0.05) is 12.8 Å². The predicted molar refractivity (Wildman–Crippen MR) is 94.2 cm³/mol. The smallest absolute Gasteiger partial charge is 0.225 e. The lowest BCUT2D eigenvalue weighted by Crippen LogP contribution is -2.42. The maximum absolute atomic E-state index is 14.0. The molecule has 0 atom stereocenters. The first-order valence-corrected chi connectivity index (χ1v) is 9.37. The van der Waals surface area contributed by atoms with Gasteiger partial charge in [0.1, 0.15) is 5.82 Å². The maximum Gasteiger partial charge on any atom is 0.225 e. The predicted octanol–water partition coefficient (Wildman–Crippen LogP) is 3.31. The number of amides is 1. The SMILES string of the molecule is N#Cc1ccc(F)c(CN2CCC(C(=O)N3CCCCCC3)CC2)c1. The van der Waals surface area contributed by atoms with Gasteiger partial charge in [-0.15, -0.1) is 0 Å². The third-order valence-corrected chi connectivity index (χ3v) is 5.42. The molecule has 0 aromatic heterocycles. The van der Waals surface area contributed by atoms with E-state index in [1.807, 2.05) is 0 Å². The van der Waals surface area contributed by atoms with Gasteiger partial charge < -0.3 is 4.90 Å². The highest BCUT2D eigenvalue weighted by Gasteiger charge is 2.29. The van der Waals surface area contributed by atoms with Crippen LogP contribution in [0.15, 0.2) is 18.2 Å². The number of benzene rings is 1. The first-order chi connectivity index (χ1) is 12.2. The molecule has 2 aliphatic rings. The quantitative estimate of drug-likeness (QED) is 0.846. The zero-order chi connectivity index (χ0) is 17.6. The van der Waals surface area contributed by atoms with Crippen LogP contribution in [-0.4, -0.2) is 41.9 Å². The van der Waals surface area contributed by atoms with Gasteiger partial charge in [0.05, 0.1) is 11.6 Å². The van der Waals surface area contributed by atoms with Crippen LogP contribution in [0.2, 0.25) is 0 Å². The summed E-state index contributed by atoms with van der Waals surface area (Å²) in [5.74, 6) is 0.172. The minimum Gasteiger partial charge on any atom is -0.342 e. The van der Waals surface area contributed by atoms with Crippen LogP contribution in [0.25, 0.3) is 0 Å². The molecule has 25 heavy (non-hydrogen) atoms. The van der Waals surface area contributed by atoms with Gasteiger partial charge >= 0.3 is 0 Å². The van der Waals surface area contributed by atoms with E-state index in [9.17, 15) is 9.18 Å². The van der Waals surface area contributed by atoms with E-state index in [0.29, 0.717) is 23.6 Å². The van der Waals surface area contributed by atoms with Crippen LogP contribution in [0.4, 0.5) is 4.39 Å². The highest BCUT2D eigenvalue weighted by atomic mass is 19.1. The molecule has 1 amide bonds. The maximum atomic E-state index is 14.0. The molecule has 0 N–H and O–H groups in total. The Labute approximate surface area is 149 Å². The highest BCUT2D eigenvalue weighted by Crippen LogP contribution is 2.23. The van der Waals surface area contributed by atoms with Crippen molar-refractivity contribution in [3.05, 3.63) is 35.1 Å². The van der Waals surface area contributed by atoms with E-state index in [1.165, 1.54) is 25.0 Å². The fourth-order valence-corrected chi connectivity index (χ4v) is 3.89. The van der Waals surface area contributed by atoms with Crippen molar-refractivity contribution in [1.82, 2.24) is 9.80 Å². The van der Waals surface area contributed by atoms with Crippen LogP contribution in [0.3, 0.4) is 0 Å². The first-order valence-electron chi connectivity index (χ1n) is 9.37. The van der Waals surface area contributed by atoms with Gasteiger partial charge in [0.2, 0.25) is 5.91 Å². The number of nitrogens with zero attached hydrogens (tertiary/aromatic N) is 3. The summed E-state index contributed by atoms with van der Waals surface area (Å²) in [5.41, 5.74) is 1.05. The molecule has 0 radical (unpaired) electrons. The molecule has 1 aromatic carbocycles. The highest BCUT2D eigenvalue weighted by molar-refractivity contribution is 5.79. The molecule has 0 unspecified atom stereocenters. The Kier molecular flexibility index (Phi) is 6.04. The molecule has 0 saturated carbocycles. The van der Waals surface area contributed by atoms with Crippen molar-refractivity contribution in [2.75, 3.05) is 26.2 Å². The van der Waals surface area contributed by atoms with Crippen molar-refractivity contribution in [2.24, 2.45) is 5.92 Å². The molecule has 134 valence electrons. The fraction of sp³-hybridized carbons (Fsp3) is 0.600. The largest absolute Gasteiger partial charge is 0.342 e. The van der Waals surface area contributed by atoms with Crippen LogP contribution in [0.5, 0.6) is 0 Å². The number of hydrogen-bond donors (Lipinski definition) is 0. The summed E-state index contributed by atoms with van der Waals surface area (Å²) in [6.45, 7) is 3.93. The normalized spacial score (nSPS) is 20.1. The Hall–Kier alpha value is -1.93. The molecule has 2 fully saturated rings. The third-order valence-electron chi connectivity index (χ3n) is 5.42. The second-order valence-corrected chi connectivity index (χ2v) is 7.21. The molecular formula is C20H26FN3O. The van der Waals surface area contributed by atoms with Gasteiger partial charge in [-0.25, -0.2) is 4.39 Å². The zero-order valence-corrected chi connectivity index (χ0v) is 14.7. The Morgan fingerprint density at radius 3 is 2.44 bits per heavy atom. The fourth-order valence-electron chi connectivity index (χ4n) is 3.89. The summed E-state index contributed by atoms with van der Waals surface area (Å²) in [6, 6.07) is 6.56. The second-order valence-electron chi connectivity index (χ2n) is 7.21. The molecule has 2 saturated heterocycles. The number of hydrogen-bond acceptors (Lipinski definition) is 3. The van der Waals surface area contributed by atoms with E-state index >= 15 is 0 Å². The third kappa shape index (κ3) is 4.58. The van der Waals surface area contributed by atoms with Crippen LogP contribution in [0.1, 0.15) is 49.7 Å². The number of piperidine rings is 1. The number of carbonyl (C=O) groups excluding carboxylic acids is 1. The molecule has 2 aliphatic heterocycles. The van der Waals surface area contributed by atoms with Gasteiger partial charge in [-0.05, 0) is 57.0 Å². The molecule has 0 bridgehead atoms. The molecule has 0 spiro atoms. The number of nitriles is 1. The van der Waals surface area contributed by atoms with Crippen molar-refractivity contribution in [2.45, 2.75) is 45.1 Å². The van der Waals surface area contributed by atoms with Crippen molar-refractivity contribution >= 4 is 5.91 Å². The first kappa shape index (κ1) is 17.9. The number of likely N-dealkylation sites (tertiary alicyclic amines) is 2. The van der Waals surface area contributed by atoms with Gasteiger partial charge in [0.15, 0.2) is 0 Å². The number of carbonyl (C=O) groups is 1. The topological polar surface area (TPSA) is 47.3 Å². The van der Waals surface area contributed by atoms with Crippen LogP contribution >= 0.6 is 0 Å². The summed E-state index contributed by atoms with van der Waals surface area (Å²) >= 11 is 0. The average molecular weight is 343 g/mol. The Morgan fingerprint density at radius 2 is 1.80 bits per heavy atom. The van der Waals surface area contributed by atoms with E-state index in [4.69, 9.17) is 5.26 Å². The Morgan fingerprint density at radius 1 is 1.12 bits per heavy atom. The minimum absolute atomic E-state index is 0.115. The van der Waals surface area contributed by atoms with Gasteiger partial charge in [-0.2, -0.15) is 5.26 Å². The summed E-state index contributed by atoms with van der Waals surface area (Å²) in [6.07, 6.45) is 6.40. The second kappa shape index (κ2) is 8.44. The van der Waals surface area contributed by atoms with E-state index in [2.05, 4.69) is 15.9 Å². The van der Waals surface area contributed by atoms with E-state index in [1.54, 1.807) is 6.07 Å². The van der Waals surface area contributed by atoms with Crippen molar-refractivity contribution in [1.29, 1.82) is 5.26 Å². The molecule has 4 nitrogen and oxygen atoms in total. The van der Waals surface area contributed by atoms with E-state index < -0.39 is 0 Å². The molecule has 1 aromatic rings. The van der Waals surface area contributed by atoms with E-state index in [-0.39, 0.29) is 11.7 Å². The molecule has 3 rings (SSSR count). The lowest BCUT2D eigenvalue weighted by molar-refractivity contribution is -0.137. The molecule has 0 aliphatic carbocycles. The van der Waals surface area contributed by atoms with Crippen LogP contribution in [-0.2, 0) is 11.3 Å². The number of halogens is 1. The van der Waals surface area contributed by atoms with Crippen molar-refractivity contribution in [3.63, 3.8) is 0 Å². The Balaban J connectivity index is 1.53. The zero-order valence-electron chi connectivity index (χ0n) is 14.7. The van der Waals surface area contributed by atoms with Gasteiger partial charge in [0, 0.05) is 31.1 Å². The standard InChI is InChI=1S/C20H26FN3O/c21-19-6-5-16(14-22)13-18(19)15-23-11-7-17(8-12-23)20(25)24-9-3-1-2-4-10-24/h5-6,13,17H,1-4,7-12,15H2. The van der Waals surface area contributed by atoms with Crippen LogP contribution < -0.4 is 0 Å². The molecule has 2 heterocycles. The van der Waals surface area contributed by atoms with Gasteiger partial charge in [0.25, 0.3) is 0 Å². The average Bonchev–Trinajstić information content (AvgIpc) is 2.93. The molecular weight excluding hydrogens is 317 g/mol. The number of rotatable bonds is 3. The van der Waals surface area contributed by atoms with Gasteiger partial charge in [-0.3, -0.25) is 9.69 Å². The summed E-state index contributed by atoms with van der Waals surface area (Å²) in [5, 5.41) is 8.97. The lowest BCUT2D eigenvalue weighted by Gasteiger charge is -2.34.